The van der Waals surface area contributed by atoms with Crippen LogP contribution in [0.25, 0.3) is 11.8 Å². The van der Waals surface area contributed by atoms with Crippen molar-refractivity contribution in [3.8, 4) is 11.4 Å². The highest BCUT2D eigenvalue weighted by atomic mass is 19.2. The van der Waals surface area contributed by atoms with Crippen LogP contribution in [0.4, 0.5) is 13.2 Å². The third kappa shape index (κ3) is 3.72. The van der Waals surface area contributed by atoms with Gasteiger partial charge in [-0.3, -0.25) is 0 Å². The van der Waals surface area contributed by atoms with Gasteiger partial charge < -0.3 is 9.84 Å². The third-order valence-electron chi connectivity index (χ3n) is 7.38. The highest BCUT2D eigenvalue weighted by molar-refractivity contribution is 5.61. The normalized spacial score (nSPS) is 22.5. The molecule has 7 heteroatoms. The number of hydrogen-bond acceptors (Lipinski definition) is 3. The van der Waals surface area contributed by atoms with Gasteiger partial charge in [0.05, 0.1) is 30.3 Å². The number of hydrogen-bond donors (Lipinski definition) is 1. The number of allylic oxidation sites excluding steroid dienone is 1. The molecule has 0 amide bonds. The fourth-order valence-electron chi connectivity index (χ4n) is 5.62. The summed E-state index contributed by atoms with van der Waals surface area (Å²) >= 11 is 0. The van der Waals surface area contributed by atoms with E-state index in [4.69, 9.17) is 4.74 Å². The molecule has 4 nitrogen and oxygen atoms in total. The molecule has 1 fully saturated rings. The monoisotopic (exact) mass is 468 g/mol. The molecule has 3 aromatic rings. The number of aliphatic hydroxyl groups excluding tert-OH is 1. The van der Waals surface area contributed by atoms with Gasteiger partial charge in [-0.15, -0.1) is 0 Å². The Kier molecular flexibility index (Phi) is 5.76. The first kappa shape index (κ1) is 22.7. The molecule has 0 saturated heterocycles. The van der Waals surface area contributed by atoms with Gasteiger partial charge in [-0.1, -0.05) is 12.5 Å². The second kappa shape index (κ2) is 8.62. The Hall–Kier alpha value is -3.06. The summed E-state index contributed by atoms with van der Waals surface area (Å²) in [6.45, 7) is 4.03. The van der Waals surface area contributed by atoms with E-state index in [1.54, 1.807) is 19.1 Å². The molecular formula is C27H27F3N2O2. The maximum Gasteiger partial charge on any atom is 0.200 e. The van der Waals surface area contributed by atoms with E-state index in [-0.39, 0.29) is 29.5 Å². The number of ether oxygens (including phenoxy) is 1. The summed E-state index contributed by atoms with van der Waals surface area (Å²) in [5.41, 5.74) is 3.93. The Balaban J connectivity index is 1.50. The molecule has 2 aliphatic rings. The van der Waals surface area contributed by atoms with Crippen LogP contribution in [-0.4, -0.2) is 21.5 Å². The lowest BCUT2D eigenvalue weighted by atomic mass is 9.57. The van der Waals surface area contributed by atoms with E-state index in [2.05, 4.69) is 18.1 Å². The summed E-state index contributed by atoms with van der Waals surface area (Å²) in [4.78, 5) is 0. The van der Waals surface area contributed by atoms with Crippen LogP contribution in [0, 0.1) is 28.8 Å². The van der Waals surface area contributed by atoms with Gasteiger partial charge in [0.2, 0.25) is 5.82 Å². The van der Waals surface area contributed by atoms with Gasteiger partial charge in [-0.2, -0.15) is 9.49 Å². The summed E-state index contributed by atoms with van der Waals surface area (Å²) in [5, 5.41) is 15.9. The Bertz CT molecular complexity index is 1250. The molecule has 5 rings (SSSR count). The minimum Gasteiger partial charge on any atom is -0.491 e. The van der Waals surface area contributed by atoms with Crippen molar-refractivity contribution in [3.05, 3.63) is 82.4 Å². The Morgan fingerprint density at radius 3 is 2.71 bits per heavy atom. The molecule has 0 bridgehead atoms. The van der Waals surface area contributed by atoms with Crippen LogP contribution >= 0.6 is 0 Å². The molecule has 34 heavy (non-hydrogen) atoms. The van der Waals surface area contributed by atoms with Crippen LogP contribution in [-0.2, 0) is 6.42 Å². The number of halogens is 3. The SMILES string of the molecule is CCOc1cc([C@@H](O)[C@H]2CCCC3=Cc4c(cnn4-c4ccc(F)cc4)C[C@@]32C)cc(F)c1F. The molecule has 2 aliphatic carbocycles. The second-order valence-corrected chi connectivity index (χ2v) is 9.40. The number of benzene rings is 2. The van der Waals surface area contributed by atoms with Gasteiger partial charge in [-0.25, -0.2) is 13.5 Å². The highest BCUT2D eigenvalue weighted by Gasteiger charge is 2.46. The second-order valence-electron chi connectivity index (χ2n) is 9.40. The van der Waals surface area contributed by atoms with Crippen molar-refractivity contribution in [2.45, 2.75) is 45.6 Å². The molecule has 0 unspecified atom stereocenters. The highest BCUT2D eigenvalue weighted by Crippen LogP contribution is 2.55. The number of rotatable bonds is 5. The van der Waals surface area contributed by atoms with Crippen molar-refractivity contribution in [1.82, 2.24) is 9.78 Å². The maximum absolute atomic E-state index is 14.3. The first-order valence-corrected chi connectivity index (χ1v) is 11.7. The largest absolute Gasteiger partial charge is 0.491 e. The Morgan fingerprint density at radius 2 is 1.97 bits per heavy atom. The van der Waals surface area contributed by atoms with Gasteiger partial charge in [0.15, 0.2) is 11.6 Å². The first-order chi connectivity index (χ1) is 16.3. The van der Waals surface area contributed by atoms with Gasteiger partial charge in [-0.05, 0) is 97.5 Å². The van der Waals surface area contributed by atoms with E-state index >= 15 is 0 Å². The molecular weight excluding hydrogens is 441 g/mol. The standard InChI is InChI=1S/C27H27F3N2O2/c1-3-34-24-12-16(11-22(29)25(24)30)26(33)21-6-4-5-18-13-23-17(14-27(18,21)2)15-31-32(23)20-9-7-19(28)8-10-20/h7-13,15,21,26,33H,3-6,14H2,1-2H3/t21-,26-,27+/m1/s1. The zero-order chi connectivity index (χ0) is 24.0. The summed E-state index contributed by atoms with van der Waals surface area (Å²) in [7, 11) is 0. The van der Waals surface area contributed by atoms with Crippen LogP contribution in [0.2, 0.25) is 0 Å². The predicted molar refractivity (Wildman–Crippen MR) is 123 cm³/mol. The molecule has 2 aromatic carbocycles. The van der Waals surface area contributed by atoms with Crippen LogP contribution < -0.4 is 4.74 Å². The minimum atomic E-state index is -1.04. The van der Waals surface area contributed by atoms with Crippen molar-refractivity contribution in [2.24, 2.45) is 11.3 Å². The zero-order valence-corrected chi connectivity index (χ0v) is 19.2. The lowest BCUT2D eigenvalue weighted by Gasteiger charge is -2.47. The van der Waals surface area contributed by atoms with Crippen molar-refractivity contribution in [1.29, 1.82) is 0 Å². The van der Waals surface area contributed by atoms with E-state index in [1.807, 2.05) is 10.9 Å². The first-order valence-electron chi connectivity index (χ1n) is 11.7. The summed E-state index contributed by atoms with van der Waals surface area (Å²) < 4.78 is 48.9. The van der Waals surface area contributed by atoms with Crippen molar-refractivity contribution >= 4 is 6.08 Å². The molecule has 178 valence electrons. The number of fused-ring (bicyclic) bond motifs is 2. The van der Waals surface area contributed by atoms with Crippen molar-refractivity contribution < 1.29 is 23.0 Å². The van der Waals surface area contributed by atoms with E-state index < -0.39 is 17.7 Å². The Morgan fingerprint density at radius 1 is 1.21 bits per heavy atom. The van der Waals surface area contributed by atoms with Gasteiger partial charge in [0.1, 0.15) is 5.82 Å². The van der Waals surface area contributed by atoms with Gasteiger partial charge in [0, 0.05) is 0 Å². The lowest BCUT2D eigenvalue weighted by molar-refractivity contribution is 0.0213. The minimum absolute atomic E-state index is 0.181. The van der Waals surface area contributed by atoms with Crippen LogP contribution in [0.15, 0.2) is 48.2 Å². The summed E-state index contributed by atoms with van der Waals surface area (Å²) in [6, 6.07) is 8.70. The Labute approximate surface area is 196 Å². The van der Waals surface area contributed by atoms with E-state index in [0.29, 0.717) is 12.0 Å². The molecule has 1 N–H and O–H groups in total. The third-order valence-corrected chi connectivity index (χ3v) is 7.38. The van der Waals surface area contributed by atoms with E-state index in [0.717, 1.165) is 42.3 Å². The van der Waals surface area contributed by atoms with Crippen molar-refractivity contribution in [2.75, 3.05) is 6.61 Å². The molecule has 0 radical (unpaired) electrons. The lowest BCUT2D eigenvalue weighted by Crippen LogP contribution is -2.40. The fourth-order valence-corrected chi connectivity index (χ4v) is 5.62. The molecule has 1 saturated carbocycles. The summed E-state index contributed by atoms with van der Waals surface area (Å²) in [6.07, 6.45) is 6.17. The van der Waals surface area contributed by atoms with Gasteiger partial charge >= 0.3 is 0 Å². The molecule has 3 atom stereocenters. The molecule has 0 aliphatic heterocycles. The topological polar surface area (TPSA) is 47.3 Å². The molecule has 1 heterocycles. The number of aromatic nitrogens is 2. The van der Waals surface area contributed by atoms with Crippen LogP contribution in [0.5, 0.6) is 5.75 Å². The average molecular weight is 469 g/mol. The van der Waals surface area contributed by atoms with Crippen molar-refractivity contribution in [3.63, 3.8) is 0 Å². The van der Waals surface area contributed by atoms with Gasteiger partial charge in [0.25, 0.3) is 0 Å². The quantitative estimate of drug-likeness (QED) is 0.487. The zero-order valence-electron chi connectivity index (χ0n) is 19.2. The number of nitrogens with zero attached hydrogens (tertiary/aromatic N) is 2. The van der Waals surface area contributed by atoms with Crippen LogP contribution in [0.1, 0.15) is 56.0 Å². The van der Waals surface area contributed by atoms with E-state index in [9.17, 15) is 18.3 Å². The number of aliphatic hydroxyl groups is 1. The summed E-state index contributed by atoms with van der Waals surface area (Å²) in [5.74, 6) is -2.73. The van der Waals surface area contributed by atoms with Crippen LogP contribution in [0.3, 0.4) is 0 Å². The maximum atomic E-state index is 14.3. The molecule has 1 aromatic heterocycles. The average Bonchev–Trinajstić information content (AvgIpc) is 3.22. The molecule has 0 spiro atoms. The smallest absolute Gasteiger partial charge is 0.200 e. The predicted octanol–water partition coefficient (Wildman–Crippen LogP) is 6.17. The van der Waals surface area contributed by atoms with E-state index in [1.165, 1.54) is 23.8 Å². The fraction of sp³-hybridized carbons (Fsp3) is 0.370.